The first-order valence-electron chi connectivity index (χ1n) is 24.7. The van der Waals surface area contributed by atoms with Crippen LogP contribution in [0, 0.1) is 0 Å². The smallest absolute Gasteiger partial charge is 0.0467 e. The van der Waals surface area contributed by atoms with Crippen LogP contribution >= 0.6 is 0 Å². The second-order valence-electron chi connectivity index (χ2n) is 24.3. The van der Waals surface area contributed by atoms with Crippen LogP contribution in [-0.2, 0) is 39.9 Å². The number of rotatable bonds is 6. The topological polar surface area (TPSA) is 3.24 Å². The maximum absolute atomic E-state index is 2.52. The van der Waals surface area contributed by atoms with Gasteiger partial charge in [-0.05, 0) is 179 Å². The maximum atomic E-state index is 2.52. The molecule has 0 unspecified atom stereocenters. The Kier molecular flexibility index (Phi) is 11.2. The zero-order valence-electron chi connectivity index (χ0n) is 42.6. The van der Waals surface area contributed by atoms with Gasteiger partial charge in [-0.3, -0.25) is 0 Å². The molecule has 0 saturated heterocycles. The molecule has 0 atom stereocenters. The molecule has 0 N–H and O–H groups in total. The summed E-state index contributed by atoms with van der Waals surface area (Å²) in [6.45, 7) is 32.8. The Labute approximate surface area is 398 Å². The van der Waals surface area contributed by atoms with Crippen LogP contribution in [-0.4, -0.2) is 0 Å². The molecule has 1 heteroatoms. The van der Waals surface area contributed by atoms with Crippen molar-refractivity contribution in [2.75, 3.05) is 4.90 Å². The van der Waals surface area contributed by atoms with Crippen molar-refractivity contribution >= 4 is 17.1 Å². The SMILES string of the molecule is CC(C)(C)c1cc(-c2ccc(N(c3cccc(-c4cc(-c5cc(C(C)(C)C)cc(C(C)(C)C)c5)cc5c4CCCC5)c3)c3ccc4c(c3)C(C)(C)c3ccccc3-4)cc2)cc(C(C)(C)C)c1. The average Bonchev–Trinajstić information content (AvgIpc) is 3.50. The van der Waals surface area contributed by atoms with Crippen LogP contribution in [0.25, 0.3) is 44.5 Å². The molecule has 0 amide bonds. The highest BCUT2D eigenvalue weighted by molar-refractivity contribution is 5.88. The number of hydrogen-bond acceptors (Lipinski definition) is 1. The first-order valence-corrected chi connectivity index (χ1v) is 24.7. The van der Waals surface area contributed by atoms with Gasteiger partial charge in [0.25, 0.3) is 0 Å². The van der Waals surface area contributed by atoms with Crippen LogP contribution in [0.3, 0.4) is 0 Å². The lowest BCUT2D eigenvalue weighted by atomic mass is 9.78. The molecule has 7 aromatic carbocycles. The minimum absolute atomic E-state index is 0.0450. The minimum Gasteiger partial charge on any atom is -0.310 e. The van der Waals surface area contributed by atoms with E-state index in [0.717, 1.165) is 24.2 Å². The zero-order valence-corrected chi connectivity index (χ0v) is 42.6. The van der Waals surface area contributed by atoms with Crippen molar-refractivity contribution in [3.8, 4) is 44.5 Å². The molecule has 7 aromatic rings. The Morgan fingerprint density at radius 1 is 0.364 bits per heavy atom. The van der Waals surface area contributed by atoms with Gasteiger partial charge in [-0.2, -0.15) is 0 Å². The van der Waals surface area contributed by atoms with E-state index in [1.165, 1.54) is 108 Å². The summed E-state index contributed by atoms with van der Waals surface area (Å²) >= 11 is 0. The molecule has 0 heterocycles. The molecule has 1 nitrogen and oxygen atoms in total. The highest BCUT2D eigenvalue weighted by atomic mass is 15.1. The summed E-state index contributed by atoms with van der Waals surface area (Å²) in [5, 5.41) is 0. The van der Waals surface area contributed by atoms with Crippen molar-refractivity contribution in [2.45, 2.75) is 150 Å². The summed E-state index contributed by atoms with van der Waals surface area (Å²) in [4.78, 5) is 2.50. The van der Waals surface area contributed by atoms with Gasteiger partial charge in [0.2, 0.25) is 0 Å². The van der Waals surface area contributed by atoms with E-state index < -0.39 is 0 Å². The van der Waals surface area contributed by atoms with Crippen molar-refractivity contribution in [1.82, 2.24) is 0 Å². The Balaban J connectivity index is 1.20. The lowest BCUT2D eigenvalue weighted by Gasteiger charge is -2.29. The van der Waals surface area contributed by atoms with Gasteiger partial charge in [-0.15, -0.1) is 0 Å². The third-order valence-electron chi connectivity index (χ3n) is 14.8. The van der Waals surface area contributed by atoms with Gasteiger partial charge < -0.3 is 4.90 Å². The lowest BCUT2D eigenvalue weighted by molar-refractivity contribution is 0.568. The molecule has 0 saturated carbocycles. The fraction of sp³-hybridized carbons (Fsp3) is 0.354. The van der Waals surface area contributed by atoms with Gasteiger partial charge >= 0.3 is 0 Å². The van der Waals surface area contributed by atoms with E-state index in [1.54, 1.807) is 0 Å². The van der Waals surface area contributed by atoms with Crippen LogP contribution in [0.1, 0.15) is 154 Å². The molecule has 338 valence electrons. The minimum atomic E-state index is -0.112. The van der Waals surface area contributed by atoms with E-state index in [2.05, 4.69) is 241 Å². The second-order valence-corrected chi connectivity index (χ2v) is 24.3. The van der Waals surface area contributed by atoms with Gasteiger partial charge in [-0.25, -0.2) is 0 Å². The molecule has 0 radical (unpaired) electrons. The fourth-order valence-electron chi connectivity index (χ4n) is 10.5. The Morgan fingerprint density at radius 3 is 1.45 bits per heavy atom. The average molecular weight is 868 g/mol. The number of fused-ring (bicyclic) bond motifs is 4. The van der Waals surface area contributed by atoms with Crippen molar-refractivity contribution in [3.05, 3.63) is 184 Å². The molecule has 2 aliphatic rings. The summed E-state index contributed by atoms with van der Waals surface area (Å²) in [6, 6.07) is 54.5. The number of benzene rings is 7. The quantitative estimate of drug-likeness (QED) is 0.161. The fourth-order valence-corrected chi connectivity index (χ4v) is 10.5. The number of nitrogens with zero attached hydrogens (tertiary/aromatic N) is 1. The Hall–Kier alpha value is -5.66. The van der Waals surface area contributed by atoms with Crippen molar-refractivity contribution in [3.63, 3.8) is 0 Å². The van der Waals surface area contributed by atoms with E-state index in [9.17, 15) is 0 Å². The number of aryl methyl sites for hydroxylation is 1. The molecule has 0 spiro atoms. The van der Waals surface area contributed by atoms with Crippen LogP contribution in [0.2, 0.25) is 0 Å². The zero-order chi connectivity index (χ0) is 47.1. The van der Waals surface area contributed by atoms with Crippen LogP contribution in [0.4, 0.5) is 17.1 Å². The first kappa shape index (κ1) is 45.5. The Morgan fingerprint density at radius 2 is 0.864 bits per heavy atom. The van der Waals surface area contributed by atoms with Crippen molar-refractivity contribution in [2.24, 2.45) is 0 Å². The largest absolute Gasteiger partial charge is 0.310 e. The Bertz CT molecular complexity index is 2900. The predicted octanol–water partition coefficient (Wildman–Crippen LogP) is 18.5. The lowest BCUT2D eigenvalue weighted by Crippen LogP contribution is -2.17. The molecule has 0 fully saturated rings. The van der Waals surface area contributed by atoms with E-state index in [-0.39, 0.29) is 27.1 Å². The van der Waals surface area contributed by atoms with E-state index >= 15 is 0 Å². The van der Waals surface area contributed by atoms with E-state index in [1.807, 2.05) is 0 Å². The molecule has 0 aliphatic heterocycles. The third-order valence-corrected chi connectivity index (χ3v) is 14.8. The molecule has 2 aliphatic carbocycles. The summed E-state index contributed by atoms with van der Waals surface area (Å²) in [5.41, 5.74) is 25.4. The summed E-state index contributed by atoms with van der Waals surface area (Å²) in [6.07, 6.45) is 4.71. The maximum Gasteiger partial charge on any atom is 0.0467 e. The number of anilines is 3. The van der Waals surface area contributed by atoms with Gasteiger partial charge in [0.05, 0.1) is 0 Å². The van der Waals surface area contributed by atoms with Crippen LogP contribution in [0.15, 0.2) is 140 Å². The molecule has 0 aromatic heterocycles. The van der Waals surface area contributed by atoms with Gasteiger partial charge in [0.15, 0.2) is 0 Å². The summed E-state index contributed by atoms with van der Waals surface area (Å²) < 4.78 is 0. The monoisotopic (exact) mass is 868 g/mol. The van der Waals surface area contributed by atoms with Crippen LogP contribution < -0.4 is 4.90 Å². The second kappa shape index (κ2) is 16.3. The standard InChI is InChI=1S/C65H73N/c1-61(2,3)48-33-46(34-49(39-48)62(4,5)6)42-26-28-52(29-27-42)66(54-30-31-57-56-24-17-18-25-59(56)65(13,14)60(57)41-54)53-22-19-21-44(37-53)58-38-45(32-43-20-15-16-23-55(43)58)47-35-50(63(7,8)9)40-51(36-47)64(10,11)12/h17-19,21-22,24-41H,15-16,20,23H2,1-14H3. The highest BCUT2D eigenvalue weighted by Crippen LogP contribution is 2.51. The van der Waals surface area contributed by atoms with Gasteiger partial charge in [0.1, 0.15) is 0 Å². The van der Waals surface area contributed by atoms with Crippen LogP contribution in [0.5, 0.6) is 0 Å². The molecular weight excluding hydrogens is 795 g/mol. The molecular formula is C65H73N. The van der Waals surface area contributed by atoms with E-state index in [0.29, 0.717) is 0 Å². The normalized spacial score (nSPS) is 14.7. The predicted molar refractivity (Wildman–Crippen MR) is 286 cm³/mol. The van der Waals surface area contributed by atoms with Gasteiger partial charge in [-0.1, -0.05) is 194 Å². The molecule has 0 bridgehead atoms. The molecule has 9 rings (SSSR count). The third kappa shape index (κ3) is 8.60. The van der Waals surface area contributed by atoms with Crippen molar-refractivity contribution < 1.29 is 0 Å². The van der Waals surface area contributed by atoms with Crippen molar-refractivity contribution in [1.29, 1.82) is 0 Å². The van der Waals surface area contributed by atoms with Gasteiger partial charge in [0, 0.05) is 22.5 Å². The molecule has 66 heavy (non-hydrogen) atoms. The summed E-state index contributed by atoms with van der Waals surface area (Å²) in [5.74, 6) is 0. The van der Waals surface area contributed by atoms with E-state index in [4.69, 9.17) is 0 Å². The highest BCUT2D eigenvalue weighted by Gasteiger charge is 2.36. The summed E-state index contributed by atoms with van der Waals surface area (Å²) in [7, 11) is 0. The number of hydrogen-bond donors (Lipinski definition) is 0. The first-order chi connectivity index (χ1) is 31.0.